The van der Waals surface area contributed by atoms with Gasteiger partial charge in [0.05, 0.1) is 12.9 Å². The Kier molecular flexibility index (Phi) is 4.86. The molecule has 0 aromatic heterocycles. The van der Waals surface area contributed by atoms with Crippen LogP contribution >= 0.6 is 0 Å². The van der Waals surface area contributed by atoms with Gasteiger partial charge in [-0.3, -0.25) is 4.79 Å². The molecule has 0 saturated heterocycles. The molecule has 100 valence electrons. The standard InChI is InChI=1S/C12H17NO4S/c1-9-5-4-6-10(2)11(9)8-18(15,16)13-7-12(14)17-3/h4-6,13H,7-8H2,1-3H3. The predicted molar refractivity (Wildman–Crippen MR) is 68.6 cm³/mol. The van der Waals surface area contributed by atoms with Crippen LogP contribution in [0, 0.1) is 13.8 Å². The fourth-order valence-corrected chi connectivity index (χ4v) is 2.83. The molecule has 0 aliphatic carbocycles. The summed E-state index contributed by atoms with van der Waals surface area (Å²) in [5, 5.41) is 0. The third-order valence-electron chi connectivity index (χ3n) is 2.64. The summed E-state index contributed by atoms with van der Waals surface area (Å²) in [6.07, 6.45) is 0. The van der Waals surface area contributed by atoms with Gasteiger partial charge < -0.3 is 4.74 Å². The molecule has 0 atom stereocenters. The molecule has 0 fully saturated rings. The van der Waals surface area contributed by atoms with E-state index in [4.69, 9.17) is 0 Å². The van der Waals surface area contributed by atoms with Gasteiger partial charge in [-0.05, 0) is 30.5 Å². The van der Waals surface area contributed by atoms with E-state index in [0.29, 0.717) is 0 Å². The Balaban J connectivity index is 2.80. The van der Waals surface area contributed by atoms with Gasteiger partial charge in [0.25, 0.3) is 0 Å². The Bertz CT molecular complexity index is 517. The number of carbonyl (C=O) groups is 1. The van der Waals surface area contributed by atoms with E-state index in [1.54, 1.807) is 0 Å². The van der Waals surface area contributed by atoms with E-state index >= 15 is 0 Å². The van der Waals surface area contributed by atoms with Gasteiger partial charge in [0.2, 0.25) is 10.0 Å². The van der Waals surface area contributed by atoms with E-state index in [0.717, 1.165) is 16.7 Å². The summed E-state index contributed by atoms with van der Waals surface area (Å²) in [5.41, 5.74) is 2.59. The highest BCUT2D eigenvalue weighted by atomic mass is 32.2. The lowest BCUT2D eigenvalue weighted by Crippen LogP contribution is -2.31. The summed E-state index contributed by atoms with van der Waals surface area (Å²) in [4.78, 5) is 10.9. The average Bonchev–Trinajstić information content (AvgIpc) is 2.31. The zero-order chi connectivity index (χ0) is 13.8. The molecule has 0 aliphatic heterocycles. The number of benzene rings is 1. The number of hydrogen-bond donors (Lipinski definition) is 1. The zero-order valence-electron chi connectivity index (χ0n) is 10.7. The Morgan fingerprint density at radius 2 is 1.83 bits per heavy atom. The monoisotopic (exact) mass is 271 g/mol. The van der Waals surface area contributed by atoms with Gasteiger partial charge in [-0.2, -0.15) is 0 Å². The molecule has 18 heavy (non-hydrogen) atoms. The first kappa shape index (κ1) is 14.7. The molecule has 0 spiro atoms. The number of ether oxygens (including phenoxy) is 1. The molecule has 0 aliphatic rings. The summed E-state index contributed by atoms with van der Waals surface area (Å²) in [5.74, 6) is -0.747. The zero-order valence-corrected chi connectivity index (χ0v) is 11.5. The predicted octanol–water partition coefficient (Wildman–Crippen LogP) is 0.896. The number of sulfonamides is 1. The summed E-state index contributed by atoms with van der Waals surface area (Å²) >= 11 is 0. The fraction of sp³-hybridized carbons (Fsp3) is 0.417. The maximum atomic E-state index is 11.8. The van der Waals surface area contributed by atoms with Crippen LogP contribution in [0.5, 0.6) is 0 Å². The average molecular weight is 271 g/mol. The molecule has 0 amide bonds. The molecule has 0 heterocycles. The summed E-state index contributed by atoms with van der Waals surface area (Å²) < 4.78 is 30.2. The van der Waals surface area contributed by atoms with Gasteiger partial charge in [-0.1, -0.05) is 18.2 Å². The van der Waals surface area contributed by atoms with E-state index in [-0.39, 0.29) is 12.3 Å². The van der Waals surface area contributed by atoms with Gasteiger partial charge >= 0.3 is 5.97 Å². The molecule has 1 N–H and O–H groups in total. The van der Waals surface area contributed by atoms with Crippen LogP contribution in [0.2, 0.25) is 0 Å². The number of esters is 1. The highest BCUT2D eigenvalue weighted by Gasteiger charge is 2.16. The normalized spacial score (nSPS) is 11.3. The molecule has 6 heteroatoms. The number of hydrogen-bond acceptors (Lipinski definition) is 4. The first-order valence-corrected chi connectivity index (χ1v) is 7.10. The van der Waals surface area contributed by atoms with E-state index < -0.39 is 16.0 Å². The van der Waals surface area contributed by atoms with Crippen LogP contribution in [0.3, 0.4) is 0 Å². The Morgan fingerprint density at radius 3 is 2.33 bits per heavy atom. The SMILES string of the molecule is COC(=O)CNS(=O)(=O)Cc1c(C)cccc1C. The van der Waals surface area contributed by atoms with Crippen molar-refractivity contribution in [2.45, 2.75) is 19.6 Å². The van der Waals surface area contributed by atoms with Crippen LogP contribution < -0.4 is 4.72 Å². The molecular formula is C12H17NO4S. The Morgan fingerprint density at radius 1 is 1.28 bits per heavy atom. The van der Waals surface area contributed by atoms with Crippen LogP contribution in [0.1, 0.15) is 16.7 Å². The number of carbonyl (C=O) groups excluding carboxylic acids is 1. The van der Waals surface area contributed by atoms with Crippen molar-refractivity contribution < 1.29 is 17.9 Å². The van der Waals surface area contributed by atoms with Crippen molar-refractivity contribution in [2.24, 2.45) is 0 Å². The second-order valence-electron chi connectivity index (χ2n) is 4.03. The van der Waals surface area contributed by atoms with Gasteiger partial charge in [-0.15, -0.1) is 0 Å². The first-order valence-electron chi connectivity index (χ1n) is 5.45. The van der Waals surface area contributed by atoms with Crippen molar-refractivity contribution in [2.75, 3.05) is 13.7 Å². The van der Waals surface area contributed by atoms with E-state index in [1.807, 2.05) is 32.0 Å². The topological polar surface area (TPSA) is 72.5 Å². The van der Waals surface area contributed by atoms with Crippen molar-refractivity contribution in [1.82, 2.24) is 4.72 Å². The van der Waals surface area contributed by atoms with E-state index in [9.17, 15) is 13.2 Å². The number of nitrogens with one attached hydrogen (secondary N) is 1. The molecule has 1 rings (SSSR count). The maximum Gasteiger partial charge on any atom is 0.320 e. The maximum absolute atomic E-state index is 11.8. The number of aryl methyl sites for hydroxylation is 2. The van der Waals surface area contributed by atoms with E-state index in [1.165, 1.54) is 7.11 Å². The summed E-state index contributed by atoms with van der Waals surface area (Å²) in [6, 6.07) is 5.60. The second-order valence-corrected chi connectivity index (χ2v) is 5.83. The summed E-state index contributed by atoms with van der Waals surface area (Å²) in [7, 11) is -2.33. The third kappa shape index (κ3) is 4.12. The highest BCUT2D eigenvalue weighted by Crippen LogP contribution is 2.15. The van der Waals surface area contributed by atoms with Crippen molar-refractivity contribution >= 4 is 16.0 Å². The number of methoxy groups -OCH3 is 1. The van der Waals surface area contributed by atoms with Gasteiger partial charge in [0.1, 0.15) is 6.54 Å². The quantitative estimate of drug-likeness (QED) is 0.807. The van der Waals surface area contributed by atoms with Crippen LogP contribution in [0.4, 0.5) is 0 Å². The smallest absolute Gasteiger partial charge is 0.320 e. The lowest BCUT2D eigenvalue weighted by atomic mass is 10.1. The van der Waals surface area contributed by atoms with Crippen molar-refractivity contribution in [3.63, 3.8) is 0 Å². The Labute approximate surface area is 107 Å². The van der Waals surface area contributed by atoms with E-state index in [2.05, 4.69) is 9.46 Å². The van der Waals surface area contributed by atoms with Gasteiger partial charge in [-0.25, -0.2) is 13.1 Å². The minimum atomic E-state index is -3.54. The molecule has 1 aromatic carbocycles. The second kappa shape index (κ2) is 5.97. The Hall–Kier alpha value is -1.40. The van der Waals surface area contributed by atoms with Crippen LogP contribution in [-0.2, 0) is 25.3 Å². The van der Waals surface area contributed by atoms with Crippen molar-refractivity contribution in [3.05, 3.63) is 34.9 Å². The van der Waals surface area contributed by atoms with Gasteiger partial charge in [0.15, 0.2) is 0 Å². The molecule has 0 unspecified atom stereocenters. The third-order valence-corrected chi connectivity index (χ3v) is 3.90. The summed E-state index contributed by atoms with van der Waals surface area (Å²) in [6.45, 7) is 3.38. The van der Waals surface area contributed by atoms with Crippen molar-refractivity contribution in [3.8, 4) is 0 Å². The molecule has 0 radical (unpaired) electrons. The first-order chi connectivity index (χ1) is 8.35. The minimum absolute atomic E-state index is 0.136. The molecule has 0 bridgehead atoms. The molecule has 0 saturated carbocycles. The lowest BCUT2D eigenvalue weighted by molar-refractivity contribution is -0.139. The molecule has 5 nitrogen and oxygen atoms in total. The lowest BCUT2D eigenvalue weighted by Gasteiger charge is -2.10. The van der Waals surface area contributed by atoms with Crippen molar-refractivity contribution in [1.29, 1.82) is 0 Å². The van der Waals surface area contributed by atoms with Gasteiger partial charge in [0, 0.05) is 0 Å². The van der Waals surface area contributed by atoms with Crippen LogP contribution in [0.25, 0.3) is 0 Å². The fourth-order valence-electron chi connectivity index (χ4n) is 1.56. The highest BCUT2D eigenvalue weighted by molar-refractivity contribution is 7.88. The number of rotatable bonds is 5. The van der Waals surface area contributed by atoms with Crippen LogP contribution in [-0.4, -0.2) is 28.0 Å². The van der Waals surface area contributed by atoms with Crippen LogP contribution in [0.15, 0.2) is 18.2 Å². The minimum Gasteiger partial charge on any atom is -0.468 e. The molecule has 1 aromatic rings. The molecular weight excluding hydrogens is 254 g/mol. The largest absolute Gasteiger partial charge is 0.468 e.